The van der Waals surface area contributed by atoms with E-state index in [-0.39, 0.29) is 10.8 Å². The minimum atomic E-state index is -3.50. The fourth-order valence-electron chi connectivity index (χ4n) is 1.36. The zero-order valence-corrected chi connectivity index (χ0v) is 13.2. The summed E-state index contributed by atoms with van der Waals surface area (Å²) >= 11 is 4.41. The molecule has 4 nitrogen and oxygen atoms in total. The van der Waals surface area contributed by atoms with Gasteiger partial charge in [-0.05, 0) is 41.9 Å². The van der Waals surface area contributed by atoms with Crippen molar-refractivity contribution >= 4 is 37.3 Å². The minimum absolute atomic E-state index is 0.0847. The lowest BCUT2D eigenvalue weighted by atomic mass is 10.1. The molecule has 0 saturated carbocycles. The molecule has 0 spiro atoms. The van der Waals surface area contributed by atoms with E-state index in [9.17, 15) is 13.5 Å². The molecule has 1 N–H and O–H groups in total. The summed E-state index contributed by atoms with van der Waals surface area (Å²) in [6.45, 7) is 5.36. The van der Waals surface area contributed by atoms with Crippen LogP contribution in [0.25, 0.3) is 0 Å². The number of halogens is 1. The van der Waals surface area contributed by atoms with E-state index in [0.29, 0.717) is 6.54 Å². The second-order valence-electron chi connectivity index (χ2n) is 4.30. The normalized spacial score (nSPS) is 13.3. The number of hydrogen-bond acceptors (Lipinski definition) is 4. The number of thiophene rings is 1. The Bertz CT molecular complexity index is 476. The molecular weight excluding hydrogens is 326 g/mol. The fourth-order valence-corrected chi connectivity index (χ4v) is 5.13. The highest BCUT2D eigenvalue weighted by Crippen LogP contribution is 2.28. The average molecular weight is 342 g/mol. The van der Waals surface area contributed by atoms with Gasteiger partial charge in [0, 0.05) is 13.1 Å². The van der Waals surface area contributed by atoms with E-state index in [1.54, 1.807) is 32.9 Å². The zero-order valence-electron chi connectivity index (χ0n) is 9.97. The first kappa shape index (κ1) is 15.1. The maximum atomic E-state index is 12.3. The van der Waals surface area contributed by atoms with Crippen LogP contribution in [-0.4, -0.2) is 36.5 Å². The van der Waals surface area contributed by atoms with Gasteiger partial charge in [0.1, 0.15) is 4.21 Å². The Morgan fingerprint density at radius 3 is 2.41 bits per heavy atom. The molecule has 0 aliphatic rings. The van der Waals surface area contributed by atoms with Crippen molar-refractivity contribution in [2.24, 2.45) is 0 Å². The van der Waals surface area contributed by atoms with Crippen molar-refractivity contribution in [2.45, 2.75) is 30.6 Å². The summed E-state index contributed by atoms with van der Waals surface area (Å²) in [4.78, 5) is 0. The van der Waals surface area contributed by atoms with Crippen molar-refractivity contribution in [1.29, 1.82) is 0 Å². The highest BCUT2D eigenvalue weighted by Gasteiger charge is 2.29. The van der Waals surface area contributed by atoms with Crippen molar-refractivity contribution in [1.82, 2.24) is 4.31 Å². The largest absolute Gasteiger partial charge is 0.389 e. The van der Waals surface area contributed by atoms with Crippen LogP contribution in [0.1, 0.15) is 20.8 Å². The van der Waals surface area contributed by atoms with Crippen molar-refractivity contribution < 1.29 is 13.5 Å². The molecule has 1 heterocycles. The lowest BCUT2D eigenvalue weighted by molar-refractivity contribution is 0.0602. The highest BCUT2D eigenvalue weighted by atomic mass is 79.9. The van der Waals surface area contributed by atoms with Crippen LogP contribution in [0.4, 0.5) is 0 Å². The standard InChI is InChI=1S/C10H16BrNO3S2/c1-4-12(7-10(2,3)13)17(14,15)9-6-5-8(11)16-9/h5-6,13H,4,7H2,1-3H3. The second-order valence-corrected chi connectivity index (χ2v) is 8.93. The first-order chi connectivity index (χ1) is 7.66. The predicted octanol–water partition coefficient (Wildman–Crippen LogP) is 2.29. The van der Waals surface area contributed by atoms with Crippen LogP contribution in [0.5, 0.6) is 0 Å². The molecule has 0 saturated heterocycles. The number of nitrogens with zero attached hydrogens (tertiary/aromatic N) is 1. The van der Waals surface area contributed by atoms with Gasteiger partial charge in [0.15, 0.2) is 0 Å². The monoisotopic (exact) mass is 341 g/mol. The Balaban J connectivity index is 3.03. The molecule has 0 aliphatic carbocycles. The van der Waals surface area contributed by atoms with Crippen LogP contribution in [0.15, 0.2) is 20.1 Å². The maximum absolute atomic E-state index is 12.3. The molecule has 0 atom stereocenters. The third-order valence-electron chi connectivity index (χ3n) is 2.06. The van der Waals surface area contributed by atoms with E-state index in [1.165, 1.54) is 15.6 Å². The summed E-state index contributed by atoms with van der Waals surface area (Å²) in [6.07, 6.45) is 0. The van der Waals surface area contributed by atoms with Gasteiger partial charge in [0.25, 0.3) is 10.0 Å². The zero-order chi connectivity index (χ0) is 13.3. The van der Waals surface area contributed by atoms with Crippen molar-refractivity contribution in [2.75, 3.05) is 13.1 Å². The Morgan fingerprint density at radius 2 is 2.06 bits per heavy atom. The number of rotatable bonds is 5. The molecule has 0 fully saturated rings. The van der Waals surface area contributed by atoms with Crippen LogP contribution in [0, 0.1) is 0 Å². The van der Waals surface area contributed by atoms with Crippen LogP contribution >= 0.6 is 27.3 Å². The van der Waals surface area contributed by atoms with E-state index >= 15 is 0 Å². The minimum Gasteiger partial charge on any atom is -0.389 e. The topological polar surface area (TPSA) is 57.6 Å². The summed E-state index contributed by atoms with van der Waals surface area (Å²) in [7, 11) is -3.50. The Morgan fingerprint density at radius 1 is 1.47 bits per heavy atom. The predicted molar refractivity (Wildman–Crippen MR) is 72.7 cm³/mol. The lowest BCUT2D eigenvalue weighted by Gasteiger charge is -2.26. The molecule has 98 valence electrons. The van der Waals surface area contributed by atoms with Gasteiger partial charge in [0.2, 0.25) is 0 Å². The van der Waals surface area contributed by atoms with Crippen LogP contribution in [0.2, 0.25) is 0 Å². The van der Waals surface area contributed by atoms with Crippen LogP contribution in [-0.2, 0) is 10.0 Å². The summed E-state index contributed by atoms with van der Waals surface area (Å²) in [5.74, 6) is 0. The van der Waals surface area contributed by atoms with E-state index in [2.05, 4.69) is 15.9 Å². The number of likely N-dealkylation sites (N-methyl/N-ethyl adjacent to an activating group) is 1. The van der Waals surface area contributed by atoms with Crippen molar-refractivity contribution in [3.05, 3.63) is 15.9 Å². The molecule has 7 heteroatoms. The summed E-state index contributed by atoms with van der Waals surface area (Å²) in [6, 6.07) is 3.27. The average Bonchev–Trinajstić information content (AvgIpc) is 2.60. The maximum Gasteiger partial charge on any atom is 0.252 e. The molecule has 0 bridgehead atoms. The number of sulfonamides is 1. The smallest absolute Gasteiger partial charge is 0.252 e. The van der Waals surface area contributed by atoms with E-state index in [1.807, 2.05) is 0 Å². The Kier molecular flexibility index (Phi) is 4.76. The lowest BCUT2D eigenvalue weighted by Crippen LogP contribution is -2.41. The molecule has 0 aliphatic heterocycles. The van der Waals surface area contributed by atoms with Gasteiger partial charge >= 0.3 is 0 Å². The summed E-state index contributed by atoms with van der Waals surface area (Å²) < 4.78 is 26.9. The molecular formula is C10H16BrNO3S2. The van der Waals surface area contributed by atoms with Crippen molar-refractivity contribution in [3.63, 3.8) is 0 Å². The van der Waals surface area contributed by atoms with Gasteiger partial charge in [0.05, 0.1) is 9.39 Å². The van der Waals surface area contributed by atoms with E-state index in [0.717, 1.165) is 3.79 Å². The van der Waals surface area contributed by atoms with Crippen LogP contribution < -0.4 is 0 Å². The highest BCUT2D eigenvalue weighted by molar-refractivity contribution is 9.11. The number of aliphatic hydroxyl groups is 1. The molecule has 1 aromatic rings. The summed E-state index contributed by atoms with van der Waals surface area (Å²) in [5.41, 5.74) is -1.04. The van der Waals surface area contributed by atoms with Gasteiger partial charge in [-0.3, -0.25) is 0 Å². The SMILES string of the molecule is CCN(CC(C)(C)O)S(=O)(=O)c1ccc(Br)s1. The van der Waals surface area contributed by atoms with Gasteiger partial charge in [-0.2, -0.15) is 4.31 Å². The molecule has 0 amide bonds. The van der Waals surface area contributed by atoms with Crippen LogP contribution in [0.3, 0.4) is 0 Å². The molecule has 0 aromatic carbocycles. The third kappa shape index (κ3) is 4.03. The van der Waals surface area contributed by atoms with Crippen molar-refractivity contribution in [3.8, 4) is 0 Å². The van der Waals surface area contributed by atoms with E-state index < -0.39 is 15.6 Å². The van der Waals surface area contributed by atoms with Gasteiger partial charge in [-0.15, -0.1) is 11.3 Å². The van der Waals surface area contributed by atoms with Gasteiger partial charge in [-0.1, -0.05) is 6.92 Å². The molecule has 0 radical (unpaired) electrons. The third-order valence-corrected chi connectivity index (χ3v) is 6.07. The first-order valence-electron chi connectivity index (χ1n) is 5.14. The van der Waals surface area contributed by atoms with Gasteiger partial charge < -0.3 is 5.11 Å². The molecule has 17 heavy (non-hydrogen) atoms. The number of hydrogen-bond donors (Lipinski definition) is 1. The molecule has 1 rings (SSSR count). The first-order valence-corrected chi connectivity index (χ1v) is 8.19. The fraction of sp³-hybridized carbons (Fsp3) is 0.600. The van der Waals surface area contributed by atoms with E-state index in [4.69, 9.17) is 0 Å². The quantitative estimate of drug-likeness (QED) is 0.893. The molecule has 0 unspecified atom stereocenters. The Labute approximate surface area is 114 Å². The second kappa shape index (κ2) is 5.36. The molecule has 1 aromatic heterocycles. The van der Waals surface area contributed by atoms with Gasteiger partial charge in [-0.25, -0.2) is 8.42 Å². The Hall–Kier alpha value is 0.0500. The summed E-state index contributed by atoms with van der Waals surface area (Å²) in [5, 5.41) is 9.72.